The van der Waals surface area contributed by atoms with Gasteiger partial charge in [0.25, 0.3) is 0 Å². The second-order valence-corrected chi connectivity index (χ2v) is 10.5. The van der Waals surface area contributed by atoms with E-state index in [2.05, 4.69) is 0 Å². The molecule has 222 valence electrons. The van der Waals surface area contributed by atoms with Crippen LogP contribution in [0.4, 0.5) is 26.3 Å². The fourth-order valence-corrected chi connectivity index (χ4v) is 5.14. The molecule has 2 aromatic rings. The van der Waals surface area contributed by atoms with Gasteiger partial charge in [-0.05, 0) is 23.0 Å². The molecule has 12 heteroatoms. The van der Waals surface area contributed by atoms with E-state index >= 15 is 0 Å². The van der Waals surface area contributed by atoms with Crippen molar-refractivity contribution in [3.05, 3.63) is 70.8 Å². The van der Waals surface area contributed by atoms with Crippen molar-refractivity contribution in [1.29, 1.82) is 0 Å². The predicted octanol–water partition coefficient (Wildman–Crippen LogP) is 7.68. The molecule has 0 spiro atoms. The minimum Gasteiger partial charge on any atom is -0.342 e. The highest BCUT2D eigenvalue weighted by molar-refractivity contribution is 5.35. The van der Waals surface area contributed by atoms with E-state index in [-0.39, 0.29) is 11.8 Å². The first kappa shape index (κ1) is 30.7. The Labute approximate surface area is 228 Å². The number of hydrogen-bond acceptors (Lipinski definition) is 6. The molecule has 4 rings (SSSR count). The van der Waals surface area contributed by atoms with E-state index in [0.717, 1.165) is 0 Å². The van der Waals surface area contributed by atoms with Gasteiger partial charge in [-0.2, -0.15) is 31.2 Å². The fourth-order valence-electron chi connectivity index (χ4n) is 5.14. The maximum Gasteiger partial charge on any atom is 0.411 e. The molecule has 0 saturated heterocycles. The first-order chi connectivity index (χ1) is 18.7. The maximum atomic E-state index is 13.0. The zero-order chi connectivity index (χ0) is 29.2. The van der Waals surface area contributed by atoms with E-state index in [1.807, 2.05) is 27.7 Å². The van der Waals surface area contributed by atoms with E-state index in [9.17, 15) is 26.3 Å². The minimum atomic E-state index is -4.59. The summed E-state index contributed by atoms with van der Waals surface area (Å²) in [7, 11) is 0. The van der Waals surface area contributed by atoms with Gasteiger partial charge >= 0.3 is 12.4 Å². The van der Waals surface area contributed by atoms with Crippen molar-refractivity contribution < 1.29 is 55.1 Å². The Morgan fingerprint density at radius 1 is 0.600 bits per heavy atom. The van der Waals surface area contributed by atoms with Gasteiger partial charge in [-0.3, -0.25) is 0 Å². The Balaban J connectivity index is 1.59. The summed E-state index contributed by atoms with van der Waals surface area (Å²) in [4.78, 5) is 11.3. The number of rotatable bonds is 9. The van der Waals surface area contributed by atoms with Crippen LogP contribution in [0.15, 0.2) is 48.5 Å². The molecule has 0 fully saturated rings. The van der Waals surface area contributed by atoms with Crippen molar-refractivity contribution in [1.82, 2.24) is 0 Å². The van der Waals surface area contributed by atoms with Crippen LogP contribution in [0.3, 0.4) is 0 Å². The highest BCUT2D eigenvalue weighted by Crippen LogP contribution is 2.46. The lowest BCUT2D eigenvalue weighted by Crippen LogP contribution is -2.40. The zero-order valence-electron chi connectivity index (χ0n) is 22.4. The van der Waals surface area contributed by atoms with Gasteiger partial charge in [0, 0.05) is 23.0 Å². The molecule has 0 amide bonds. The van der Waals surface area contributed by atoms with Crippen molar-refractivity contribution in [2.45, 2.75) is 77.0 Å². The van der Waals surface area contributed by atoms with Gasteiger partial charge in [0.05, 0.1) is 0 Å². The molecular formula is C28H32F6O6. The van der Waals surface area contributed by atoms with Crippen LogP contribution in [0.1, 0.15) is 74.4 Å². The lowest BCUT2D eigenvalue weighted by Gasteiger charge is -2.41. The standard InChI is InChI=1S/C28H32F6O6/c1-15(2)21-18-10-6-8-12-20(18)24(38-25(21)36-14-28(32,33)34)39-40-26-22(16(3)4)17-9-5-7-11-19(17)23(37-26)35-13-27(29,30)31/h5-12,15-16,21-26H,13-14H2,1-4H3. The van der Waals surface area contributed by atoms with E-state index in [4.69, 9.17) is 28.7 Å². The summed E-state index contributed by atoms with van der Waals surface area (Å²) in [5.74, 6) is -1.25. The Bertz CT molecular complexity index is 1120. The molecule has 2 aliphatic rings. The molecule has 2 heterocycles. The van der Waals surface area contributed by atoms with Gasteiger partial charge in [-0.15, -0.1) is 0 Å². The first-order valence-corrected chi connectivity index (χ1v) is 12.9. The third-order valence-electron chi connectivity index (χ3n) is 6.80. The summed E-state index contributed by atoms with van der Waals surface area (Å²) in [5, 5.41) is 0. The molecule has 0 saturated carbocycles. The average molecular weight is 579 g/mol. The van der Waals surface area contributed by atoms with Crippen molar-refractivity contribution in [3.63, 3.8) is 0 Å². The Hall–Kier alpha value is -2.22. The van der Waals surface area contributed by atoms with Crippen LogP contribution in [0.2, 0.25) is 0 Å². The highest BCUT2D eigenvalue weighted by Gasteiger charge is 2.44. The van der Waals surface area contributed by atoms with Crippen LogP contribution < -0.4 is 0 Å². The van der Waals surface area contributed by atoms with Crippen molar-refractivity contribution >= 4 is 0 Å². The molecule has 0 bridgehead atoms. The molecule has 0 radical (unpaired) electrons. The number of ether oxygens (including phenoxy) is 4. The average Bonchev–Trinajstić information content (AvgIpc) is 2.87. The fraction of sp³-hybridized carbons (Fsp3) is 0.571. The quantitative estimate of drug-likeness (QED) is 0.173. The molecule has 0 aliphatic carbocycles. The Morgan fingerprint density at radius 2 is 1.02 bits per heavy atom. The zero-order valence-corrected chi connectivity index (χ0v) is 22.4. The summed E-state index contributed by atoms with van der Waals surface area (Å²) in [6.45, 7) is 4.40. The number of benzene rings is 2. The van der Waals surface area contributed by atoms with Crippen LogP contribution in [-0.2, 0) is 28.7 Å². The van der Waals surface area contributed by atoms with Gasteiger partial charge < -0.3 is 18.9 Å². The number of halogens is 6. The molecule has 2 aromatic carbocycles. The molecular weight excluding hydrogens is 546 g/mol. The topological polar surface area (TPSA) is 55.4 Å². The molecule has 2 aliphatic heterocycles. The second kappa shape index (κ2) is 12.3. The summed E-state index contributed by atoms with van der Waals surface area (Å²) >= 11 is 0. The third-order valence-corrected chi connectivity index (χ3v) is 6.80. The Morgan fingerprint density at radius 3 is 1.52 bits per heavy atom. The molecule has 40 heavy (non-hydrogen) atoms. The number of fused-ring (bicyclic) bond motifs is 2. The molecule has 0 aromatic heterocycles. The third kappa shape index (κ3) is 7.34. The van der Waals surface area contributed by atoms with Crippen LogP contribution in [0.25, 0.3) is 0 Å². The van der Waals surface area contributed by atoms with Gasteiger partial charge in [0.15, 0.2) is 12.6 Å². The van der Waals surface area contributed by atoms with Gasteiger partial charge in [0.1, 0.15) is 13.2 Å². The van der Waals surface area contributed by atoms with Crippen molar-refractivity contribution in [3.8, 4) is 0 Å². The van der Waals surface area contributed by atoms with E-state index in [1.54, 1.807) is 48.5 Å². The van der Waals surface area contributed by atoms with Crippen LogP contribution in [0, 0.1) is 11.8 Å². The molecule has 6 nitrogen and oxygen atoms in total. The maximum absolute atomic E-state index is 13.0. The molecule has 0 N–H and O–H groups in total. The lowest BCUT2D eigenvalue weighted by molar-refractivity contribution is -0.474. The summed E-state index contributed by atoms with van der Waals surface area (Å²) in [6.07, 6.45) is -14.4. The van der Waals surface area contributed by atoms with Gasteiger partial charge in [-0.1, -0.05) is 76.2 Å². The first-order valence-electron chi connectivity index (χ1n) is 12.9. The van der Waals surface area contributed by atoms with Crippen LogP contribution >= 0.6 is 0 Å². The van der Waals surface area contributed by atoms with Crippen LogP contribution in [-0.4, -0.2) is 38.1 Å². The SMILES string of the molecule is CC(C)C1c2ccccc2C(OOC2OC(OCC(F)(F)F)c3ccccc3C2C(C)C)OC1OCC(F)(F)F. The van der Waals surface area contributed by atoms with Crippen LogP contribution in [0.5, 0.6) is 0 Å². The smallest absolute Gasteiger partial charge is 0.342 e. The molecule has 6 atom stereocenters. The summed E-state index contributed by atoms with van der Waals surface area (Å²) in [6, 6.07) is 13.7. The van der Waals surface area contributed by atoms with Crippen molar-refractivity contribution in [2.75, 3.05) is 13.2 Å². The van der Waals surface area contributed by atoms with Crippen molar-refractivity contribution in [2.24, 2.45) is 11.8 Å². The van der Waals surface area contributed by atoms with E-state index in [0.29, 0.717) is 22.3 Å². The largest absolute Gasteiger partial charge is 0.411 e. The molecule has 6 unspecified atom stereocenters. The van der Waals surface area contributed by atoms with Gasteiger partial charge in [0.2, 0.25) is 12.6 Å². The second-order valence-electron chi connectivity index (χ2n) is 10.5. The number of hydrogen-bond donors (Lipinski definition) is 0. The highest BCUT2D eigenvalue weighted by atomic mass is 19.4. The lowest BCUT2D eigenvalue weighted by atomic mass is 9.83. The van der Waals surface area contributed by atoms with Gasteiger partial charge in [-0.25, -0.2) is 4.89 Å². The minimum absolute atomic E-state index is 0.105. The number of alkyl halides is 6. The Kier molecular flexibility index (Phi) is 9.48. The van der Waals surface area contributed by atoms with E-state index < -0.39 is 62.6 Å². The normalized spacial score (nSPS) is 27.1. The van der Waals surface area contributed by atoms with E-state index in [1.165, 1.54) is 0 Å². The summed E-state index contributed by atoms with van der Waals surface area (Å²) in [5.41, 5.74) is 2.30. The monoisotopic (exact) mass is 578 g/mol. The predicted molar refractivity (Wildman–Crippen MR) is 129 cm³/mol. The summed E-state index contributed by atoms with van der Waals surface area (Å²) < 4.78 is 99.7.